The fourth-order valence-electron chi connectivity index (χ4n) is 3.22. The zero-order chi connectivity index (χ0) is 17.5. The van der Waals surface area contributed by atoms with Crippen molar-refractivity contribution in [3.63, 3.8) is 0 Å². The molecule has 0 N–H and O–H groups in total. The number of hydrogen-bond acceptors (Lipinski definition) is 3. The summed E-state index contributed by atoms with van der Waals surface area (Å²) in [5, 5.41) is 2.05. The third-order valence-corrected chi connectivity index (χ3v) is 8.14. The van der Waals surface area contributed by atoms with Crippen LogP contribution in [0.15, 0.2) is 28.5 Å². The second-order valence-corrected chi connectivity index (χ2v) is 9.63. The standard InChI is InChI=1S/C19H25NO2S2/c1-13-12-14(2)16(4)19(15(13)3)24(21,22)20(17-7-8-17)10-9-18-6-5-11-23-18/h5-6,11-12,17H,7-10H2,1-4H3. The molecule has 1 aromatic heterocycles. The molecule has 0 aliphatic heterocycles. The lowest BCUT2D eigenvalue weighted by atomic mass is 10.0. The highest BCUT2D eigenvalue weighted by Gasteiger charge is 2.39. The molecular formula is C19H25NO2S2. The van der Waals surface area contributed by atoms with E-state index in [-0.39, 0.29) is 6.04 Å². The highest BCUT2D eigenvalue weighted by molar-refractivity contribution is 7.89. The Balaban J connectivity index is 1.98. The Bertz CT molecular complexity index is 808. The van der Waals surface area contributed by atoms with Gasteiger partial charge in [0.2, 0.25) is 10.0 Å². The zero-order valence-electron chi connectivity index (χ0n) is 14.8. The molecule has 1 saturated carbocycles. The Labute approximate surface area is 149 Å². The molecule has 1 fully saturated rings. The fraction of sp³-hybridized carbons (Fsp3) is 0.474. The first-order chi connectivity index (χ1) is 11.3. The first-order valence-electron chi connectivity index (χ1n) is 8.44. The van der Waals surface area contributed by atoms with Crippen LogP contribution in [-0.2, 0) is 16.4 Å². The number of sulfonamides is 1. The van der Waals surface area contributed by atoms with Crippen LogP contribution in [0.25, 0.3) is 0 Å². The molecule has 1 aliphatic carbocycles. The molecule has 1 aromatic carbocycles. The molecule has 0 unspecified atom stereocenters. The largest absolute Gasteiger partial charge is 0.243 e. The van der Waals surface area contributed by atoms with Crippen molar-refractivity contribution in [3.05, 3.63) is 50.7 Å². The summed E-state index contributed by atoms with van der Waals surface area (Å²) in [7, 11) is -3.46. The number of rotatable bonds is 6. The number of aryl methyl sites for hydroxylation is 2. The van der Waals surface area contributed by atoms with Crippen LogP contribution < -0.4 is 0 Å². The zero-order valence-corrected chi connectivity index (χ0v) is 16.4. The van der Waals surface area contributed by atoms with E-state index >= 15 is 0 Å². The average Bonchev–Trinajstić information content (AvgIpc) is 3.20. The minimum absolute atomic E-state index is 0.176. The van der Waals surface area contributed by atoms with E-state index in [2.05, 4.69) is 12.1 Å². The monoisotopic (exact) mass is 363 g/mol. The molecule has 0 saturated heterocycles. The van der Waals surface area contributed by atoms with Crippen molar-refractivity contribution < 1.29 is 8.42 Å². The minimum Gasteiger partial charge on any atom is -0.207 e. The van der Waals surface area contributed by atoms with Crippen LogP contribution in [0.2, 0.25) is 0 Å². The van der Waals surface area contributed by atoms with Crippen LogP contribution in [0.5, 0.6) is 0 Å². The van der Waals surface area contributed by atoms with Gasteiger partial charge in [-0.1, -0.05) is 12.1 Å². The second kappa shape index (κ2) is 6.62. The maximum absolute atomic E-state index is 13.4. The second-order valence-electron chi connectivity index (χ2n) is 6.77. The van der Waals surface area contributed by atoms with Crippen LogP contribution in [-0.4, -0.2) is 25.3 Å². The van der Waals surface area contributed by atoms with Gasteiger partial charge in [0.1, 0.15) is 0 Å². The Morgan fingerprint density at radius 3 is 2.25 bits per heavy atom. The summed E-state index contributed by atoms with van der Waals surface area (Å²) >= 11 is 1.69. The van der Waals surface area contributed by atoms with E-state index in [9.17, 15) is 8.42 Å². The van der Waals surface area contributed by atoms with Crippen molar-refractivity contribution in [1.29, 1.82) is 0 Å². The Kier molecular flexibility index (Phi) is 4.87. The predicted molar refractivity (Wildman–Crippen MR) is 100 cm³/mol. The van der Waals surface area contributed by atoms with E-state index in [1.54, 1.807) is 15.6 Å². The Morgan fingerprint density at radius 2 is 1.75 bits per heavy atom. The first-order valence-corrected chi connectivity index (χ1v) is 10.8. The van der Waals surface area contributed by atoms with Crippen molar-refractivity contribution in [2.24, 2.45) is 0 Å². The number of benzene rings is 1. The van der Waals surface area contributed by atoms with Crippen molar-refractivity contribution in [2.45, 2.75) is 57.9 Å². The fourth-order valence-corrected chi connectivity index (χ4v) is 6.19. The van der Waals surface area contributed by atoms with Gasteiger partial charge in [0.05, 0.1) is 4.90 Å². The SMILES string of the molecule is Cc1cc(C)c(C)c(S(=O)(=O)N(CCc2cccs2)C2CC2)c1C. The molecule has 0 radical (unpaired) electrons. The highest BCUT2D eigenvalue weighted by atomic mass is 32.2. The highest BCUT2D eigenvalue weighted by Crippen LogP contribution is 2.36. The van der Waals surface area contributed by atoms with Gasteiger partial charge in [-0.25, -0.2) is 8.42 Å². The topological polar surface area (TPSA) is 37.4 Å². The van der Waals surface area contributed by atoms with E-state index in [0.29, 0.717) is 11.4 Å². The van der Waals surface area contributed by atoms with Gasteiger partial charge in [-0.3, -0.25) is 0 Å². The quantitative estimate of drug-likeness (QED) is 0.764. The van der Waals surface area contributed by atoms with E-state index in [0.717, 1.165) is 41.5 Å². The summed E-state index contributed by atoms with van der Waals surface area (Å²) < 4.78 is 28.6. The Hall–Kier alpha value is -1.17. The third kappa shape index (κ3) is 3.30. The van der Waals surface area contributed by atoms with Crippen molar-refractivity contribution in [3.8, 4) is 0 Å². The van der Waals surface area contributed by atoms with Crippen LogP contribution in [0, 0.1) is 27.7 Å². The van der Waals surface area contributed by atoms with E-state index < -0.39 is 10.0 Å². The summed E-state index contributed by atoms with van der Waals surface area (Å²) in [5.74, 6) is 0. The maximum atomic E-state index is 13.4. The molecule has 3 rings (SSSR count). The van der Waals surface area contributed by atoms with Crippen LogP contribution in [0.4, 0.5) is 0 Å². The van der Waals surface area contributed by atoms with Gasteiger partial charge in [0.25, 0.3) is 0 Å². The Morgan fingerprint density at radius 1 is 1.12 bits per heavy atom. The summed E-state index contributed by atoms with van der Waals surface area (Å²) in [6, 6.07) is 6.36. The number of thiophene rings is 1. The molecule has 24 heavy (non-hydrogen) atoms. The molecule has 3 nitrogen and oxygen atoms in total. The number of nitrogens with zero attached hydrogens (tertiary/aromatic N) is 1. The average molecular weight is 364 g/mol. The maximum Gasteiger partial charge on any atom is 0.243 e. The molecule has 0 atom stereocenters. The van der Waals surface area contributed by atoms with Gasteiger partial charge >= 0.3 is 0 Å². The molecular weight excluding hydrogens is 338 g/mol. The number of hydrogen-bond donors (Lipinski definition) is 0. The van der Waals surface area contributed by atoms with Crippen LogP contribution >= 0.6 is 11.3 Å². The summed E-state index contributed by atoms with van der Waals surface area (Å²) in [6.07, 6.45) is 2.75. The molecule has 0 bridgehead atoms. The van der Waals surface area contributed by atoms with E-state index in [1.807, 2.05) is 39.1 Å². The smallest absolute Gasteiger partial charge is 0.207 e. The normalized spacial score (nSPS) is 15.2. The molecule has 5 heteroatoms. The summed E-state index contributed by atoms with van der Waals surface area (Å²) in [5.41, 5.74) is 3.87. The lowest BCUT2D eigenvalue weighted by Gasteiger charge is -2.25. The van der Waals surface area contributed by atoms with Crippen molar-refractivity contribution in [2.75, 3.05) is 6.54 Å². The predicted octanol–water partition coefficient (Wildman–Crippen LogP) is 4.38. The lowest BCUT2D eigenvalue weighted by molar-refractivity contribution is 0.407. The summed E-state index contributed by atoms with van der Waals surface area (Å²) in [4.78, 5) is 1.77. The van der Waals surface area contributed by atoms with Crippen LogP contribution in [0.1, 0.15) is 40.0 Å². The molecule has 1 heterocycles. The minimum atomic E-state index is -3.46. The third-order valence-electron chi connectivity index (χ3n) is 4.98. The van der Waals surface area contributed by atoms with Gasteiger partial charge in [-0.2, -0.15) is 4.31 Å². The van der Waals surface area contributed by atoms with Crippen LogP contribution in [0.3, 0.4) is 0 Å². The van der Waals surface area contributed by atoms with Crippen molar-refractivity contribution >= 4 is 21.4 Å². The van der Waals surface area contributed by atoms with E-state index in [1.165, 1.54) is 4.88 Å². The molecule has 2 aromatic rings. The van der Waals surface area contributed by atoms with Gasteiger partial charge in [-0.15, -0.1) is 11.3 Å². The van der Waals surface area contributed by atoms with Gasteiger partial charge in [0.15, 0.2) is 0 Å². The molecule has 0 spiro atoms. The van der Waals surface area contributed by atoms with E-state index in [4.69, 9.17) is 0 Å². The van der Waals surface area contributed by atoms with Gasteiger partial charge < -0.3 is 0 Å². The molecule has 1 aliphatic rings. The first kappa shape index (κ1) is 17.6. The van der Waals surface area contributed by atoms with Gasteiger partial charge in [0, 0.05) is 17.5 Å². The lowest BCUT2D eigenvalue weighted by Crippen LogP contribution is -2.36. The molecule has 130 valence electrons. The van der Waals surface area contributed by atoms with Crippen molar-refractivity contribution in [1.82, 2.24) is 4.31 Å². The van der Waals surface area contributed by atoms with Gasteiger partial charge in [-0.05, 0) is 80.7 Å². The summed E-state index contributed by atoms with van der Waals surface area (Å²) in [6.45, 7) is 8.42. The molecule has 0 amide bonds.